The van der Waals surface area contributed by atoms with Crippen molar-refractivity contribution in [3.8, 4) is 11.8 Å². The first-order valence-corrected chi connectivity index (χ1v) is 7.25. The molecule has 0 fully saturated rings. The fraction of sp³-hybridized carbons (Fsp3) is 0.118. The van der Waals surface area contributed by atoms with Gasteiger partial charge in [0.2, 0.25) is 0 Å². The Labute approximate surface area is 143 Å². The molecule has 0 aliphatic carbocycles. The summed E-state index contributed by atoms with van der Waals surface area (Å²) in [5.74, 6) is -1.55. The van der Waals surface area contributed by atoms with Crippen molar-refractivity contribution in [1.29, 1.82) is 5.26 Å². The second kappa shape index (κ2) is 7.49. The average Bonchev–Trinajstić information content (AvgIpc) is 2.55. The smallest absolute Gasteiger partial charge is 0.342 e. The molecule has 0 heterocycles. The maximum absolute atomic E-state index is 11.9. The Hall–Kier alpha value is -3.04. The van der Waals surface area contributed by atoms with E-state index in [0.717, 1.165) is 0 Å². The standard InChI is InChI=1S/C17H13ClN2O4/c1-10-3-2-4-13(16(10)22)17(23)24-9-15(21)20-12-6-5-11(8-19)14(18)7-12/h2-7,22H,9H2,1H3,(H,20,21). The molecule has 0 spiro atoms. The minimum atomic E-state index is -0.802. The normalized spacial score (nSPS) is 9.88. The number of aryl methyl sites for hydroxylation is 1. The molecule has 2 aromatic rings. The van der Waals surface area contributed by atoms with Gasteiger partial charge in [0.25, 0.3) is 5.91 Å². The van der Waals surface area contributed by atoms with Gasteiger partial charge in [0.15, 0.2) is 6.61 Å². The topological polar surface area (TPSA) is 99.4 Å². The van der Waals surface area contributed by atoms with Gasteiger partial charge in [0.1, 0.15) is 17.4 Å². The van der Waals surface area contributed by atoms with E-state index in [1.54, 1.807) is 19.1 Å². The van der Waals surface area contributed by atoms with Crippen molar-refractivity contribution < 1.29 is 19.4 Å². The molecule has 0 saturated carbocycles. The van der Waals surface area contributed by atoms with E-state index in [2.05, 4.69) is 5.32 Å². The van der Waals surface area contributed by atoms with Crippen molar-refractivity contribution in [2.75, 3.05) is 11.9 Å². The number of ether oxygens (including phenoxy) is 1. The van der Waals surface area contributed by atoms with Gasteiger partial charge in [-0.1, -0.05) is 23.7 Å². The Morgan fingerprint density at radius 2 is 2.08 bits per heavy atom. The van der Waals surface area contributed by atoms with Crippen LogP contribution in [0.25, 0.3) is 0 Å². The van der Waals surface area contributed by atoms with Crippen LogP contribution in [0.5, 0.6) is 5.75 Å². The van der Waals surface area contributed by atoms with Crippen molar-refractivity contribution in [1.82, 2.24) is 0 Å². The van der Waals surface area contributed by atoms with Crippen molar-refractivity contribution in [2.24, 2.45) is 0 Å². The Morgan fingerprint density at radius 1 is 1.33 bits per heavy atom. The first-order valence-electron chi connectivity index (χ1n) is 6.87. The van der Waals surface area contributed by atoms with Crippen LogP contribution in [0.3, 0.4) is 0 Å². The second-order valence-electron chi connectivity index (χ2n) is 4.90. The van der Waals surface area contributed by atoms with Crippen molar-refractivity contribution in [3.63, 3.8) is 0 Å². The van der Waals surface area contributed by atoms with Crippen LogP contribution in [0, 0.1) is 18.3 Å². The van der Waals surface area contributed by atoms with Crippen LogP contribution in [0.2, 0.25) is 5.02 Å². The number of carbonyl (C=O) groups excluding carboxylic acids is 2. The van der Waals surface area contributed by atoms with E-state index in [0.29, 0.717) is 11.3 Å². The molecule has 122 valence electrons. The number of carbonyl (C=O) groups is 2. The third-order valence-corrected chi connectivity index (χ3v) is 3.48. The number of rotatable bonds is 4. The lowest BCUT2D eigenvalue weighted by Gasteiger charge is -2.09. The molecule has 0 saturated heterocycles. The number of nitriles is 1. The third-order valence-electron chi connectivity index (χ3n) is 3.17. The van der Waals surface area contributed by atoms with Crippen LogP contribution in [0.15, 0.2) is 36.4 Å². The van der Waals surface area contributed by atoms with E-state index in [1.807, 2.05) is 6.07 Å². The third kappa shape index (κ3) is 4.03. The second-order valence-corrected chi connectivity index (χ2v) is 5.31. The lowest BCUT2D eigenvalue weighted by Crippen LogP contribution is -2.21. The lowest BCUT2D eigenvalue weighted by molar-refractivity contribution is -0.119. The number of amides is 1. The fourth-order valence-electron chi connectivity index (χ4n) is 1.91. The molecular formula is C17H13ClN2O4. The number of hydrogen-bond acceptors (Lipinski definition) is 5. The number of para-hydroxylation sites is 1. The van der Waals surface area contributed by atoms with Gasteiger partial charge in [-0.3, -0.25) is 4.79 Å². The highest BCUT2D eigenvalue weighted by Crippen LogP contribution is 2.22. The highest BCUT2D eigenvalue weighted by molar-refractivity contribution is 6.32. The number of hydrogen-bond donors (Lipinski definition) is 2. The molecule has 1 amide bonds. The van der Waals surface area contributed by atoms with Crippen LogP contribution < -0.4 is 5.32 Å². The number of benzene rings is 2. The van der Waals surface area contributed by atoms with Gasteiger partial charge >= 0.3 is 5.97 Å². The van der Waals surface area contributed by atoms with Crippen LogP contribution in [-0.2, 0) is 9.53 Å². The van der Waals surface area contributed by atoms with E-state index in [-0.39, 0.29) is 21.9 Å². The summed E-state index contributed by atoms with van der Waals surface area (Å²) >= 11 is 5.87. The predicted octanol–water partition coefficient (Wildman–Crippen LogP) is 3.02. The van der Waals surface area contributed by atoms with Gasteiger partial charge in [-0.15, -0.1) is 0 Å². The molecule has 0 bridgehead atoms. The molecule has 7 heteroatoms. The SMILES string of the molecule is Cc1cccc(C(=O)OCC(=O)Nc2ccc(C#N)c(Cl)c2)c1O. The summed E-state index contributed by atoms with van der Waals surface area (Å²) in [6.07, 6.45) is 0. The number of nitrogens with zero attached hydrogens (tertiary/aromatic N) is 1. The van der Waals surface area contributed by atoms with Gasteiger partial charge in [0.05, 0.1) is 10.6 Å². The molecule has 0 aliphatic rings. The molecule has 0 atom stereocenters. The van der Waals surface area contributed by atoms with E-state index in [1.165, 1.54) is 24.3 Å². The molecule has 24 heavy (non-hydrogen) atoms. The molecule has 2 rings (SSSR count). The van der Waals surface area contributed by atoms with E-state index in [9.17, 15) is 14.7 Å². The number of halogens is 1. The highest BCUT2D eigenvalue weighted by Gasteiger charge is 2.15. The van der Waals surface area contributed by atoms with Crippen molar-refractivity contribution in [2.45, 2.75) is 6.92 Å². The molecule has 0 aliphatic heterocycles. The maximum atomic E-state index is 11.9. The number of nitrogens with one attached hydrogen (secondary N) is 1. The number of esters is 1. The summed E-state index contributed by atoms with van der Waals surface area (Å²) in [5, 5.41) is 21.3. The minimum Gasteiger partial charge on any atom is -0.507 e. The van der Waals surface area contributed by atoms with Crippen LogP contribution in [0.1, 0.15) is 21.5 Å². The summed E-state index contributed by atoms with van der Waals surface area (Å²) in [6, 6.07) is 11.0. The van der Waals surface area contributed by atoms with Gasteiger partial charge in [-0.05, 0) is 36.8 Å². The maximum Gasteiger partial charge on any atom is 0.342 e. The number of anilines is 1. The van der Waals surface area contributed by atoms with Crippen molar-refractivity contribution >= 4 is 29.2 Å². The number of phenols is 1. The fourth-order valence-corrected chi connectivity index (χ4v) is 2.14. The molecule has 2 N–H and O–H groups in total. The zero-order valence-electron chi connectivity index (χ0n) is 12.7. The largest absolute Gasteiger partial charge is 0.507 e. The summed E-state index contributed by atoms with van der Waals surface area (Å²) in [4.78, 5) is 23.7. The summed E-state index contributed by atoms with van der Waals surface area (Å²) in [6.45, 7) is 1.12. The summed E-state index contributed by atoms with van der Waals surface area (Å²) < 4.78 is 4.88. The molecule has 0 aromatic heterocycles. The minimum absolute atomic E-state index is 0.00998. The Kier molecular flexibility index (Phi) is 5.40. The summed E-state index contributed by atoms with van der Waals surface area (Å²) in [7, 11) is 0. The highest BCUT2D eigenvalue weighted by atomic mass is 35.5. The van der Waals surface area contributed by atoms with E-state index in [4.69, 9.17) is 21.6 Å². The van der Waals surface area contributed by atoms with Crippen molar-refractivity contribution in [3.05, 3.63) is 58.1 Å². The van der Waals surface area contributed by atoms with E-state index >= 15 is 0 Å². The zero-order chi connectivity index (χ0) is 17.7. The van der Waals surface area contributed by atoms with Gasteiger partial charge in [0, 0.05) is 5.69 Å². The molecule has 2 aromatic carbocycles. The monoisotopic (exact) mass is 344 g/mol. The number of aromatic hydroxyl groups is 1. The van der Waals surface area contributed by atoms with Crippen LogP contribution >= 0.6 is 11.6 Å². The molecule has 0 unspecified atom stereocenters. The lowest BCUT2D eigenvalue weighted by atomic mass is 10.1. The molecular weight excluding hydrogens is 332 g/mol. The van der Waals surface area contributed by atoms with Crippen LogP contribution in [-0.4, -0.2) is 23.6 Å². The first-order chi connectivity index (χ1) is 11.4. The van der Waals surface area contributed by atoms with Gasteiger partial charge < -0.3 is 15.2 Å². The van der Waals surface area contributed by atoms with Gasteiger partial charge in [-0.25, -0.2) is 4.79 Å². The molecule has 0 radical (unpaired) electrons. The van der Waals surface area contributed by atoms with E-state index < -0.39 is 18.5 Å². The van der Waals surface area contributed by atoms with Crippen LogP contribution in [0.4, 0.5) is 5.69 Å². The predicted molar refractivity (Wildman–Crippen MR) is 87.9 cm³/mol. The molecule has 6 nitrogen and oxygen atoms in total. The first kappa shape index (κ1) is 17.3. The Morgan fingerprint density at radius 3 is 2.75 bits per heavy atom. The zero-order valence-corrected chi connectivity index (χ0v) is 13.4. The quantitative estimate of drug-likeness (QED) is 0.830. The average molecular weight is 345 g/mol. The van der Waals surface area contributed by atoms with Gasteiger partial charge in [-0.2, -0.15) is 5.26 Å². The Bertz CT molecular complexity index is 843. The number of phenolic OH excluding ortho intramolecular Hbond substituents is 1. The summed E-state index contributed by atoms with van der Waals surface area (Å²) in [5.41, 5.74) is 1.18. The Balaban J connectivity index is 1.96.